The van der Waals surface area contributed by atoms with Gasteiger partial charge in [0.15, 0.2) is 0 Å². The van der Waals surface area contributed by atoms with E-state index in [-0.39, 0.29) is 5.91 Å². The molecule has 1 heterocycles. The summed E-state index contributed by atoms with van der Waals surface area (Å²) in [5, 5.41) is 4.21. The van der Waals surface area contributed by atoms with Crippen molar-refractivity contribution in [2.24, 2.45) is 0 Å². The van der Waals surface area contributed by atoms with Crippen molar-refractivity contribution in [1.29, 1.82) is 0 Å². The molecule has 0 radical (unpaired) electrons. The second-order valence-corrected chi connectivity index (χ2v) is 5.80. The van der Waals surface area contributed by atoms with Crippen LogP contribution in [-0.2, 0) is 17.8 Å². The summed E-state index contributed by atoms with van der Waals surface area (Å²) in [6, 6.07) is 16.0. The number of carbonyl (C=O) groups is 1. The fraction of sp³-hybridized carbons (Fsp3) is 0.250. The van der Waals surface area contributed by atoms with E-state index < -0.39 is 0 Å². The minimum atomic E-state index is 0.0701. The van der Waals surface area contributed by atoms with E-state index in [1.165, 1.54) is 10.9 Å². The van der Waals surface area contributed by atoms with Gasteiger partial charge in [-0.05, 0) is 30.5 Å². The normalized spacial score (nSPS) is 10.7. The van der Waals surface area contributed by atoms with Crippen LogP contribution >= 0.6 is 0 Å². The van der Waals surface area contributed by atoms with E-state index in [9.17, 15) is 4.79 Å². The number of amides is 1. The molecule has 124 valence electrons. The molecule has 0 aliphatic carbocycles. The number of methoxy groups -OCH3 is 1. The van der Waals surface area contributed by atoms with Crippen molar-refractivity contribution in [2.75, 3.05) is 7.11 Å². The van der Waals surface area contributed by atoms with Crippen LogP contribution in [0.5, 0.6) is 5.75 Å². The van der Waals surface area contributed by atoms with Crippen LogP contribution in [0.1, 0.15) is 24.0 Å². The van der Waals surface area contributed by atoms with Gasteiger partial charge in [0.25, 0.3) is 0 Å². The minimum Gasteiger partial charge on any atom is -0.496 e. The lowest BCUT2D eigenvalue weighted by Crippen LogP contribution is -2.22. The number of fused-ring (bicyclic) bond motifs is 1. The van der Waals surface area contributed by atoms with Gasteiger partial charge in [0.2, 0.25) is 5.91 Å². The summed E-state index contributed by atoms with van der Waals surface area (Å²) in [7, 11) is 1.64. The lowest BCUT2D eigenvalue weighted by Gasteiger charge is -2.09. The third-order valence-corrected chi connectivity index (χ3v) is 4.19. The molecule has 0 unspecified atom stereocenters. The summed E-state index contributed by atoms with van der Waals surface area (Å²) >= 11 is 0. The van der Waals surface area contributed by atoms with Crippen molar-refractivity contribution in [3.63, 3.8) is 0 Å². The molecular formula is C20H22N2O2. The maximum absolute atomic E-state index is 12.0. The fourth-order valence-corrected chi connectivity index (χ4v) is 2.91. The number of rotatable bonds is 7. The second kappa shape index (κ2) is 7.68. The van der Waals surface area contributed by atoms with E-state index >= 15 is 0 Å². The van der Waals surface area contributed by atoms with Crippen LogP contribution in [0, 0.1) is 0 Å². The van der Waals surface area contributed by atoms with Gasteiger partial charge >= 0.3 is 0 Å². The highest BCUT2D eigenvalue weighted by Crippen LogP contribution is 2.20. The Hall–Kier alpha value is -2.75. The molecule has 1 amide bonds. The number of aromatic nitrogens is 1. The highest BCUT2D eigenvalue weighted by atomic mass is 16.5. The zero-order valence-corrected chi connectivity index (χ0v) is 13.8. The van der Waals surface area contributed by atoms with Gasteiger partial charge in [-0.3, -0.25) is 4.79 Å². The van der Waals surface area contributed by atoms with E-state index in [0.29, 0.717) is 13.0 Å². The Morgan fingerprint density at radius 3 is 2.75 bits per heavy atom. The van der Waals surface area contributed by atoms with Crippen molar-refractivity contribution in [1.82, 2.24) is 10.3 Å². The van der Waals surface area contributed by atoms with Crippen LogP contribution in [0.2, 0.25) is 0 Å². The summed E-state index contributed by atoms with van der Waals surface area (Å²) in [6.45, 7) is 0.496. The van der Waals surface area contributed by atoms with Crippen LogP contribution < -0.4 is 10.1 Å². The number of H-pyrrole nitrogens is 1. The average Bonchev–Trinajstić information content (AvgIpc) is 3.03. The molecular weight excluding hydrogens is 300 g/mol. The van der Waals surface area contributed by atoms with Gasteiger partial charge in [-0.15, -0.1) is 0 Å². The molecule has 3 aromatic rings. The first-order valence-corrected chi connectivity index (χ1v) is 8.21. The van der Waals surface area contributed by atoms with Gasteiger partial charge in [-0.2, -0.15) is 0 Å². The molecule has 0 bridgehead atoms. The van der Waals surface area contributed by atoms with E-state index in [0.717, 1.165) is 29.7 Å². The van der Waals surface area contributed by atoms with E-state index in [1.54, 1.807) is 7.11 Å². The number of ether oxygens (including phenoxy) is 1. The molecule has 0 aliphatic rings. The van der Waals surface area contributed by atoms with Crippen LogP contribution in [0.3, 0.4) is 0 Å². The molecule has 0 saturated carbocycles. The molecule has 0 spiro atoms. The summed E-state index contributed by atoms with van der Waals surface area (Å²) in [4.78, 5) is 15.3. The van der Waals surface area contributed by atoms with Crippen molar-refractivity contribution < 1.29 is 9.53 Å². The largest absolute Gasteiger partial charge is 0.496 e. The summed E-state index contributed by atoms with van der Waals surface area (Å²) in [5.74, 6) is 0.873. The molecule has 2 N–H and O–H groups in total. The Balaban J connectivity index is 1.47. The van der Waals surface area contributed by atoms with E-state index in [1.807, 2.05) is 42.6 Å². The van der Waals surface area contributed by atoms with Crippen LogP contribution in [0.4, 0.5) is 0 Å². The highest BCUT2D eigenvalue weighted by molar-refractivity contribution is 5.83. The van der Waals surface area contributed by atoms with Gasteiger partial charge < -0.3 is 15.0 Å². The van der Waals surface area contributed by atoms with Crippen molar-refractivity contribution in [3.8, 4) is 5.75 Å². The standard InChI is InChI=1S/C20H22N2O2/c1-24-19-11-5-2-7-16(19)14-22-20(23)12-6-8-15-13-21-18-10-4-3-9-17(15)18/h2-5,7,9-11,13,21H,6,8,12,14H2,1H3,(H,22,23). The average molecular weight is 322 g/mol. The van der Waals surface area contributed by atoms with Gasteiger partial charge in [-0.25, -0.2) is 0 Å². The summed E-state index contributed by atoms with van der Waals surface area (Å²) in [5.41, 5.74) is 3.40. The van der Waals surface area contributed by atoms with Crippen molar-refractivity contribution in [2.45, 2.75) is 25.8 Å². The number of aryl methyl sites for hydroxylation is 1. The van der Waals surface area contributed by atoms with Crippen LogP contribution in [-0.4, -0.2) is 18.0 Å². The Morgan fingerprint density at radius 1 is 1.08 bits per heavy atom. The predicted octanol–water partition coefficient (Wildman–Crippen LogP) is 3.82. The smallest absolute Gasteiger partial charge is 0.220 e. The SMILES string of the molecule is COc1ccccc1CNC(=O)CCCc1c[nH]c2ccccc12. The van der Waals surface area contributed by atoms with Crippen molar-refractivity contribution in [3.05, 3.63) is 65.9 Å². The molecule has 0 fully saturated rings. The summed E-state index contributed by atoms with van der Waals surface area (Å²) in [6.07, 6.45) is 4.29. The molecule has 4 heteroatoms. The first kappa shape index (κ1) is 16.1. The maximum Gasteiger partial charge on any atom is 0.220 e. The van der Waals surface area contributed by atoms with E-state index in [2.05, 4.69) is 22.4 Å². The van der Waals surface area contributed by atoms with Gasteiger partial charge in [-0.1, -0.05) is 36.4 Å². The first-order chi connectivity index (χ1) is 11.8. The Morgan fingerprint density at radius 2 is 1.88 bits per heavy atom. The number of aromatic amines is 1. The Labute approximate surface area is 141 Å². The monoisotopic (exact) mass is 322 g/mol. The number of para-hydroxylation sites is 2. The van der Waals surface area contributed by atoms with Gasteiger partial charge in [0.05, 0.1) is 7.11 Å². The van der Waals surface area contributed by atoms with Gasteiger partial charge in [0, 0.05) is 35.6 Å². The third-order valence-electron chi connectivity index (χ3n) is 4.19. The molecule has 0 aliphatic heterocycles. The molecule has 24 heavy (non-hydrogen) atoms. The third kappa shape index (κ3) is 3.77. The highest BCUT2D eigenvalue weighted by Gasteiger charge is 2.07. The van der Waals surface area contributed by atoms with Crippen LogP contribution in [0.15, 0.2) is 54.7 Å². The Kier molecular flexibility index (Phi) is 5.16. The number of nitrogens with one attached hydrogen (secondary N) is 2. The molecule has 1 aromatic heterocycles. The minimum absolute atomic E-state index is 0.0701. The molecule has 4 nitrogen and oxygen atoms in total. The fourth-order valence-electron chi connectivity index (χ4n) is 2.91. The lowest BCUT2D eigenvalue weighted by molar-refractivity contribution is -0.121. The molecule has 0 saturated heterocycles. The zero-order valence-electron chi connectivity index (χ0n) is 13.8. The maximum atomic E-state index is 12.0. The Bertz CT molecular complexity index is 823. The second-order valence-electron chi connectivity index (χ2n) is 5.80. The van der Waals surface area contributed by atoms with Gasteiger partial charge in [0.1, 0.15) is 5.75 Å². The van der Waals surface area contributed by atoms with Crippen LogP contribution in [0.25, 0.3) is 10.9 Å². The predicted molar refractivity (Wildman–Crippen MR) is 96.1 cm³/mol. The summed E-state index contributed by atoms with van der Waals surface area (Å²) < 4.78 is 5.29. The first-order valence-electron chi connectivity index (χ1n) is 8.21. The van der Waals surface area contributed by atoms with Crippen molar-refractivity contribution >= 4 is 16.8 Å². The number of hydrogen-bond acceptors (Lipinski definition) is 2. The molecule has 0 atom stereocenters. The number of carbonyl (C=O) groups excluding carboxylic acids is 1. The quantitative estimate of drug-likeness (QED) is 0.695. The zero-order chi connectivity index (χ0) is 16.8. The molecule has 2 aromatic carbocycles. The topological polar surface area (TPSA) is 54.1 Å². The van der Waals surface area contributed by atoms with E-state index in [4.69, 9.17) is 4.74 Å². The lowest BCUT2D eigenvalue weighted by atomic mass is 10.1. The number of hydrogen-bond donors (Lipinski definition) is 2. The number of benzene rings is 2. The molecule has 3 rings (SSSR count).